The molecule has 1 atom stereocenters. The molecule has 2 aromatic carbocycles. The highest BCUT2D eigenvalue weighted by Gasteiger charge is 2.21. The second-order valence-corrected chi connectivity index (χ2v) is 7.99. The van der Waals surface area contributed by atoms with Crippen molar-refractivity contribution in [1.29, 1.82) is 0 Å². The van der Waals surface area contributed by atoms with Gasteiger partial charge in [0.25, 0.3) is 0 Å². The van der Waals surface area contributed by atoms with Crippen molar-refractivity contribution in [2.75, 3.05) is 5.32 Å². The Morgan fingerprint density at radius 2 is 1.69 bits per heavy atom. The summed E-state index contributed by atoms with van der Waals surface area (Å²) in [6, 6.07) is 15.9. The molecule has 8 nitrogen and oxygen atoms in total. The van der Waals surface area contributed by atoms with Crippen LogP contribution in [0, 0.1) is 5.82 Å². The Hall–Kier alpha value is -4.53. The van der Waals surface area contributed by atoms with Crippen molar-refractivity contribution in [3.05, 3.63) is 90.9 Å². The molecule has 4 rings (SSSR count). The number of halogens is 1. The summed E-state index contributed by atoms with van der Waals surface area (Å²) in [5.74, 6) is 0.469. The third kappa shape index (κ3) is 6.50. The molecular weight excluding hydrogens is 449 g/mol. The molecule has 0 fully saturated rings. The SMILES string of the molecule is CC(=O)N[C@@H](Cc1cn(C)cn1)C(=O)Nc1cc(-c2ccc(Oc3ccc(F)cc3)cc2)ccn1. The molecule has 178 valence electrons. The van der Waals surface area contributed by atoms with Crippen LogP contribution in [-0.2, 0) is 23.1 Å². The second kappa shape index (κ2) is 10.6. The number of ether oxygens (including phenoxy) is 1. The number of benzene rings is 2. The van der Waals surface area contributed by atoms with Gasteiger partial charge in [0.2, 0.25) is 11.8 Å². The number of hydrogen-bond acceptors (Lipinski definition) is 5. The number of carbonyl (C=O) groups excluding carboxylic acids is 2. The maximum absolute atomic E-state index is 13.1. The molecule has 0 unspecified atom stereocenters. The fourth-order valence-corrected chi connectivity index (χ4v) is 3.48. The van der Waals surface area contributed by atoms with Crippen LogP contribution >= 0.6 is 0 Å². The van der Waals surface area contributed by atoms with Crippen molar-refractivity contribution < 1.29 is 18.7 Å². The van der Waals surface area contributed by atoms with Gasteiger partial charge in [-0.1, -0.05) is 12.1 Å². The van der Waals surface area contributed by atoms with E-state index < -0.39 is 11.9 Å². The van der Waals surface area contributed by atoms with Gasteiger partial charge in [-0.25, -0.2) is 14.4 Å². The number of hydrogen-bond donors (Lipinski definition) is 2. The standard InChI is InChI=1S/C26H24FN5O3/c1-17(33)30-24(14-21-15-32(2)16-29-21)26(34)31-25-13-19(11-12-28-25)18-3-7-22(8-4-18)35-23-9-5-20(27)6-10-23/h3-13,15-16,24H,14H2,1-2H3,(H,30,33)(H,28,31,34)/t24-/m0/s1. The zero-order valence-electron chi connectivity index (χ0n) is 19.2. The van der Waals surface area contributed by atoms with Gasteiger partial charge in [0.05, 0.1) is 12.0 Å². The van der Waals surface area contributed by atoms with E-state index in [9.17, 15) is 14.0 Å². The predicted molar refractivity (Wildman–Crippen MR) is 129 cm³/mol. The number of rotatable bonds is 8. The van der Waals surface area contributed by atoms with Crippen molar-refractivity contribution in [3.63, 3.8) is 0 Å². The minimum atomic E-state index is -0.796. The molecule has 0 spiro atoms. The fraction of sp³-hybridized carbons (Fsp3) is 0.154. The van der Waals surface area contributed by atoms with Gasteiger partial charge in [-0.15, -0.1) is 0 Å². The normalized spacial score (nSPS) is 11.5. The van der Waals surface area contributed by atoms with Crippen LogP contribution in [0.15, 0.2) is 79.4 Å². The monoisotopic (exact) mass is 473 g/mol. The van der Waals surface area contributed by atoms with Gasteiger partial charge in [0, 0.05) is 32.8 Å². The third-order valence-corrected chi connectivity index (χ3v) is 5.11. The van der Waals surface area contributed by atoms with Gasteiger partial charge in [-0.2, -0.15) is 0 Å². The van der Waals surface area contributed by atoms with Gasteiger partial charge >= 0.3 is 0 Å². The first kappa shape index (κ1) is 23.6. The van der Waals surface area contributed by atoms with Crippen LogP contribution in [0.1, 0.15) is 12.6 Å². The first-order chi connectivity index (χ1) is 16.9. The predicted octanol–water partition coefficient (Wildman–Crippen LogP) is 4.10. The lowest BCUT2D eigenvalue weighted by Gasteiger charge is -2.16. The fourth-order valence-electron chi connectivity index (χ4n) is 3.48. The number of aromatic nitrogens is 3. The average Bonchev–Trinajstić information content (AvgIpc) is 3.25. The Balaban J connectivity index is 1.45. The molecule has 2 heterocycles. The van der Waals surface area contributed by atoms with E-state index in [4.69, 9.17) is 4.74 Å². The van der Waals surface area contributed by atoms with Gasteiger partial charge in [-0.3, -0.25) is 9.59 Å². The zero-order valence-corrected chi connectivity index (χ0v) is 19.2. The largest absolute Gasteiger partial charge is 0.457 e. The number of imidazole rings is 1. The van der Waals surface area contributed by atoms with Gasteiger partial charge < -0.3 is 19.9 Å². The molecule has 0 aliphatic carbocycles. The van der Waals surface area contributed by atoms with Crippen LogP contribution in [0.25, 0.3) is 11.1 Å². The summed E-state index contributed by atoms with van der Waals surface area (Å²) in [6.45, 7) is 1.36. The molecule has 0 saturated carbocycles. The number of nitrogens with zero attached hydrogens (tertiary/aromatic N) is 3. The summed E-state index contributed by atoms with van der Waals surface area (Å²) in [6.07, 6.45) is 5.28. The van der Waals surface area contributed by atoms with Crippen molar-refractivity contribution in [2.45, 2.75) is 19.4 Å². The Kier molecular flexibility index (Phi) is 7.15. The minimum absolute atomic E-state index is 0.251. The quantitative estimate of drug-likeness (QED) is 0.402. The van der Waals surface area contributed by atoms with Crippen molar-refractivity contribution in [3.8, 4) is 22.6 Å². The second-order valence-electron chi connectivity index (χ2n) is 7.99. The van der Waals surface area contributed by atoms with E-state index in [1.807, 2.05) is 25.2 Å². The van der Waals surface area contributed by atoms with Gasteiger partial charge in [-0.05, 0) is 59.7 Å². The maximum Gasteiger partial charge on any atom is 0.248 e. The molecule has 2 amide bonds. The van der Waals surface area contributed by atoms with E-state index in [-0.39, 0.29) is 18.1 Å². The molecule has 0 saturated heterocycles. The average molecular weight is 474 g/mol. The number of anilines is 1. The van der Waals surface area contributed by atoms with Crippen LogP contribution in [0.4, 0.5) is 10.2 Å². The lowest BCUT2D eigenvalue weighted by Crippen LogP contribution is -2.44. The Labute approximate surface area is 201 Å². The van der Waals surface area contributed by atoms with Crippen LogP contribution in [0.5, 0.6) is 11.5 Å². The summed E-state index contributed by atoms with van der Waals surface area (Å²) in [4.78, 5) is 33.0. The van der Waals surface area contributed by atoms with E-state index in [1.54, 1.807) is 53.6 Å². The topological polar surface area (TPSA) is 98.1 Å². The van der Waals surface area contributed by atoms with Crippen LogP contribution in [0.2, 0.25) is 0 Å². The molecule has 9 heteroatoms. The van der Waals surface area contributed by atoms with Crippen LogP contribution in [-0.4, -0.2) is 32.4 Å². The molecule has 35 heavy (non-hydrogen) atoms. The summed E-state index contributed by atoms with van der Waals surface area (Å²) in [5.41, 5.74) is 2.41. The number of carbonyl (C=O) groups is 2. The summed E-state index contributed by atoms with van der Waals surface area (Å²) in [5, 5.41) is 5.45. The molecule has 0 radical (unpaired) electrons. The smallest absolute Gasteiger partial charge is 0.248 e. The molecular formula is C26H24FN5O3. The van der Waals surface area contributed by atoms with E-state index >= 15 is 0 Å². The van der Waals surface area contributed by atoms with E-state index in [2.05, 4.69) is 20.6 Å². The first-order valence-corrected chi connectivity index (χ1v) is 10.9. The molecule has 2 aromatic heterocycles. The summed E-state index contributed by atoms with van der Waals surface area (Å²) in [7, 11) is 1.83. The van der Waals surface area contributed by atoms with Crippen molar-refractivity contribution >= 4 is 17.6 Å². The lowest BCUT2D eigenvalue weighted by atomic mass is 10.1. The molecule has 0 aliphatic heterocycles. The lowest BCUT2D eigenvalue weighted by molar-refractivity contribution is -0.125. The molecule has 0 aliphatic rings. The Morgan fingerprint density at radius 1 is 1.00 bits per heavy atom. The van der Waals surface area contributed by atoms with Crippen LogP contribution in [0.3, 0.4) is 0 Å². The van der Waals surface area contributed by atoms with Gasteiger partial charge in [0.1, 0.15) is 29.2 Å². The molecule has 0 bridgehead atoms. The highest BCUT2D eigenvalue weighted by atomic mass is 19.1. The number of nitrogens with one attached hydrogen (secondary N) is 2. The minimum Gasteiger partial charge on any atom is -0.457 e. The third-order valence-electron chi connectivity index (χ3n) is 5.11. The van der Waals surface area contributed by atoms with Crippen LogP contribution < -0.4 is 15.4 Å². The molecule has 2 N–H and O–H groups in total. The highest BCUT2D eigenvalue weighted by molar-refractivity contribution is 5.96. The van der Waals surface area contributed by atoms with Crippen molar-refractivity contribution in [1.82, 2.24) is 19.9 Å². The highest BCUT2D eigenvalue weighted by Crippen LogP contribution is 2.27. The Morgan fingerprint density at radius 3 is 2.31 bits per heavy atom. The molecule has 4 aromatic rings. The van der Waals surface area contributed by atoms with E-state index in [1.165, 1.54) is 19.1 Å². The van der Waals surface area contributed by atoms with Crippen molar-refractivity contribution in [2.24, 2.45) is 7.05 Å². The summed E-state index contributed by atoms with van der Waals surface area (Å²) < 4.78 is 20.6. The maximum atomic E-state index is 13.1. The Bertz CT molecular complexity index is 1320. The number of amides is 2. The number of aryl methyl sites for hydroxylation is 1. The van der Waals surface area contributed by atoms with Gasteiger partial charge in [0.15, 0.2) is 0 Å². The first-order valence-electron chi connectivity index (χ1n) is 10.9. The van der Waals surface area contributed by atoms with E-state index in [0.717, 1.165) is 11.1 Å². The number of pyridine rings is 1. The summed E-state index contributed by atoms with van der Waals surface area (Å²) >= 11 is 0. The van der Waals surface area contributed by atoms with E-state index in [0.29, 0.717) is 23.0 Å². The zero-order chi connectivity index (χ0) is 24.8.